The van der Waals surface area contributed by atoms with Crippen molar-refractivity contribution in [1.29, 1.82) is 0 Å². The fourth-order valence-electron chi connectivity index (χ4n) is 1.08. The number of nitrogens with zero attached hydrogens (tertiary/aromatic N) is 1. The van der Waals surface area contributed by atoms with Crippen LogP contribution in [0.15, 0.2) is 40.7 Å². The SMILES string of the molecule is O=S(=O)(F)c1csc(-c2ccccc2)n1. The largest absolute Gasteiger partial charge is 0.350 e. The van der Waals surface area contributed by atoms with Crippen LogP contribution in [-0.4, -0.2) is 13.4 Å². The third kappa shape index (κ3) is 2.21. The average Bonchev–Trinajstić information content (AvgIpc) is 2.67. The third-order valence-electron chi connectivity index (χ3n) is 1.75. The lowest BCUT2D eigenvalue weighted by atomic mass is 10.2. The van der Waals surface area contributed by atoms with Crippen molar-refractivity contribution in [2.45, 2.75) is 5.03 Å². The molecule has 0 spiro atoms. The summed E-state index contributed by atoms with van der Waals surface area (Å²) in [6.07, 6.45) is 0. The second kappa shape index (κ2) is 3.71. The number of thiazole rings is 1. The van der Waals surface area contributed by atoms with Gasteiger partial charge in [-0.15, -0.1) is 11.3 Å². The van der Waals surface area contributed by atoms with Crippen LogP contribution in [0.5, 0.6) is 0 Å². The molecule has 0 bridgehead atoms. The Hall–Kier alpha value is -1.27. The van der Waals surface area contributed by atoms with E-state index in [1.807, 2.05) is 6.07 Å². The lowest BCUT2D eigenvalue weighted by molar-refractivity contribution is 0.549. The van der Waals surface area contributed by atoms with Crippen LogP contribution in [0.3, 0.4) is 0 Å². The minimum atomic E-state index is -4.69. The van der Waals surface area contributed by atoms with Crippen molar-refractivity contribution in [2.75, 3.05) is 0 Å². The van der Waals surface area contributed by atoms with Crippen molar-refractivity contribution in [1.82, 2.24) is 4.98 Å². The Morgan fingerprint density at radius 1 is 1.20 bits per heavy atom. The molecule has 6 heteroatoms. The van der Waals surface area contributed by atoms with E-state index in [0.717, 1.165) is 16.9 Å². The Morgan fingerprint density at radius 2 is 1.87 bits per heavy atom. The van der Waals surface area contributed by atoms with Gasteiger partial charge in [-0.05, 0) is 0 Å². The van der Waals surface area contributed by atoms with Gasteiger partial charge in [-0.1, -0.05) is 34.2 Å². The van der Waals surface area contributed by atoms with Crippen molar-refractivity contribution in [3.05, 3.63) is 35.7 Å². The van der Waals surface area contributed by atoms with Gasteiger partial charge in [-0.2, -0.15) is 8.42 Å². The maximum Gasteiger partial charge on any atom is 0.350 e. The summed E-state index contributed by atoms with van der Waals surface area (Å²) in [5.41, 5.74) is 0.775. The van der Waals surface area contributed by atoms with E-state index in [1.165, 1.54) is 5.38 Å². The normalized spacial score (nSPS) is 11.5. The molecule has 0 saturated heterocycles. The van der Waals surface area contributed by atoms with E-state index in [-0.39, 0.29) is 0 Å². The highest BCUT2D eigenvalue weighted by molar-refractivity contribution is 7.86. The number of hydrogen-bond donors (Lipinski definition) is 0. The predicted octanol–water partition coefficient (Wildman–Crippen LogP) is 2.47. The summed E-state index contributed by atoms with van der Waals surface area (Å²) in [6, 6.07) is 9.02. The van der Waals surface area contributed by atoms with Gasteiger partial charge in [0.15, 0.2) is 5.03 Å². The molecule has 2 aromatic rings. The summed E-state index contributed by atoms with van der Waals surface area (Å²) < 4.78 is 33.7. The molecule has 0 aliphatic carbocycles. The molecule has 2 rings (SSSR count). The molecule has 0 aliphatic heterocycles. The van der Waals surface area contributed by atoms with E-state index in [1.54, 1.807) is 24.3 Å². The second-order valence-electron chi connectivity index (χ2n) is 2.79. The van der Waals surface area contributed by atoms with Crippen LogP contribution in [0.25, 0.3) is 10.6 Å². The number of hydrogen-bond acceptors (Lipinski definition) is 4. The van der Waals surface area contributed by atoms with Crippen LogP contribution in [0.1, 0.15) is 0 Å². The maximum absolute atomic E-state index is 12.6. The zero-order chi connectivity index (χ0) is 10.9. The number of halogens is 1. The first-order valence-corrected chi connectivity index (χ1v) is 6.29. The van der Waals surface area contributed by atoms with Gasteiger partial charge in [0.2, 0.25) is 0 Å². The first-order chi connectivity index (χ1) is 7.07. The van der Waals surface area contributed by atoms with Gasteiger partial charge < -0.3 is 0 Å². The Balaban J connectivity index is 2.46. The average molecular weight is 243 g/mol. The fraction of sp³-hybridized carbons (Fsp3) is 0. The van der Waals surface area contributed by atoms with E-state index in [0.29, 0.717) is 5.01 Å². The topological polar surface area (TPSA) is 47.0 Å². The summed E-state index contributed by atoms with van der Waals surface area (Å²) in [5, 5.41) is 1.16. The van der Waals surface area contributed by atoms with Crippen LogP contribution >= 0.6 is 11.3 Å². The van der Waals surface area contributed by atoms with Crippen LogP contribution < -0.4 is 0 Å². The standard InChI is InChI=1S/C9H6FNO2S2/c10-15(12,13)8-6-14-9(11-8)7-4-2-1-3-5-7/h1-6H. The summed E-state index contributed by atoms with van der Waals surface area (Å²) in [7, 11) is -4.69. The van der Waals surface area contributed by atoms with E-state index in [2.05, 4.69) is 4.98 Å². The van der Waals surface area contributed by atoms with E-state index in [9.17, 15) is 12.3 Å². The summed E-state index contributed by atoms with van der Waals surface area (Å²) in [4.78, 5) is 3.71. The number of benzene rings is 1. The highest BCUT2D eigenvalue weighted by Gasteiger charge is 2.16. The minimum Gasteiger partial charge on any atom is -0.222 e. The van der Waals surface area contributed by atoms with Crippen molar-refractivity contribution in [2.24, 2.45) is 0 Å². The number of rotatable bonds is 2. The molecule has 78 valence electrons. The molecule has 0 fully saturated rings. The molecule has 1 aromatic carbocycles. The Morgan fingerprint density at radius 3 is 2.40 bits per heavy atom. The minimum absolute atomic E-state index is 0.492. The molecule has 0 aliphatic rings. The van der Waals surface area contributed by atoms with Gasteiger partial charge in [-0.3, -0.25) is 0 Å². The summed E-state index contributed by atoms with van der Waals surface area (Å²) >= 11 is 1.10. The van der Waals surface area contributed by atoms with Crippen LogP contribution in [0.4, 0.5) is 3.89 Å². The van der Waals surface area contributed by atoms with Crippen molar-refractivity contribution < 1.29 is 12.3 Å². The highest BCUT2D eigenvalue weighted by Crippen LogP contribution is 2.25. The van der Waals surface area contributed by atoms with Crippen LogP contribution in [0, 0.1) is 0 Å². The molecule has 0 amide bonds. The lowest BCUT2D eigenvalue weighted by Crippen LogP contribution is -1.91. The molecule has 3 nitrogen and oxygen atoms in total. The second-order valence-corrected chi connectivity index (χ2v) is 4.95. The Bertz CT molecular complexity index is 563. The molecular formula is C9H6FNO2S2. The van der Waals surface area contributed by atoms with Crippen molar-refractivity contribution in [3.63, 3.8) is 0 Å². The van der Waals surface area contributed by atoms with E-state index < -0.39 is 15.2 Å². The molecule has 0 N–H and O–H groups in total. The van der Waals surface area contributed by atoms with Gasteiger partial charge in [0.1, 0.15) is 5.01 Å². The molecular weight excluding hydrogens is 237 g/mol. The Labute approximate surface area is 90.4 Å². The molecule has 1 heterocycles. The first-order valence-electron chi connectivity index (χ1n) is 4.03. The monoisotopic (exact) mass is 243 g/mol. The van der Waals surface area contributed by atoms with Gasteiger partial charge in [-0.25, -0.2) is 4.98 Å². The Kier molecular flexibility index (Phi) is 2.54. The lowest BCUT2D eigenvalue weighted by Gasteiger charge is -1.92. The van der Waals surface area contributed by atoms with E-state index in [4.69, 9.17) is 0 Å². The fourth-order valence-corrected chi connectivity index (χ4v) is 2.63. The van der Waals surface area contributed by atoms with Gasteiger partial charge in [0, 0.05) is 10.9 Å². The van der Waals surface area contributed by atoms with Crippen molar-refractivity contribution in [3.8, 4) is 10.6 Å². The highest BCUT2D eigenvalue weighted by atomic mass is 32.3. The molecule has 0 saturated carbocycles. The van der Waals surface area contributed by atoms with Crippen LogP contribution in [0.2, 0.25) is 0 Å². The van der Waals surface area contributed by atoms with Crippen molar-refractivity contribution >= 4 is 21.6 Å². The van der Waals surface area contributed by atoms with Gasteiger partial charge in [0.25, 0.3) is 0 Å². The van der Waals surface area contributed by atoms with Gasteiger partial charge in [0.05, 0.1) is 0 Å². The molecule has 0 radical (unpaired) electrons. The molecule has 0 atom stereocenters. The zero-order valence-electron chi connectivity index (χ0n) is 7.42. The first kappa shape index (κ1) is 10.3. The van der Waals surface area contributed by atoms with Crippen LogP contribution in [-0.2, 0) is 10.2 Å². The number of aromatic nitrogens is 1. The molecule has 15 heavy (non-hydrogen) atoms. The molecule has 0 unspecified atom stereocenters. The quantitative estimate of drug-likeness (QED) is 0.761. The maximum atomic E-state index is 12.6. The molecule has 1 aromatic heterocycles. The predicted molar refractivity (Wildman–Crippen MR) is 55.8 cm³/mol. The smallest absolute Gasteiger partial charge is 0.222 e. The summed E-state index contributed by atoms with van der Waals surface area (Å²) in [6.45, 7) is 0. The third-order valence-corrected chi connectivity index (χ3v) is 3.50. The summed E-state index contributed by atoms with van der Waals surface area (Å²) in [5.74, 6) is 0. The zero-order valence-corrected chi connectivity index (χ0v) is 9.06. The van der Waals surface area contributed by atoms with E-state index >= 15 is 0 Å². The van der Waals surface area contributed by atoms with Gasteiger partial charge >= 0.3 is 10.2 Å².